The van der Waals surface area contributed by atoms with E-state index in [1.807, 2.05) is 24.3 Å². The van der Waals surface area contributed by atoms with Crippen LogP contribution in [0.3, 0.4) is 0 Å². The lowest BCUT2D eigenvalue weighted by Crippen LogP contribution is -2.45. The Bertz CT molecular complexity index is 884. The molecule has 2 saturated heterocycles. The Morgan fingerprint density at radius 2 is 1.43 bits per heavy atom. The molecule has 0 aromatic heterocycles. The number of piperazine rings is 1. The molecular formula is C22H23F3N2O3. The van der Waals surface area contributed by atoms with Gasteiger partial charge in [-0.2, -0.15) is 13.2 Å². The normalized spacial score (nSPS) is 21.8. The molecule has 2 aromatic rings. The third-order valence-corrected chi connectivity index (χ3v) is 5.77. The molecule has 2 aromatic carbocycles. The summed E-state index contributed by atoms with van der Waals surface area (Å²) in [5.41, 5.74) is 2.45. The molecule has 1 N–H and O–H groups in total. The van der Waals surface area contributed by atoms with Crippen LogP contribution in [-0.2, 0) is 13.1 Å². The molecular weight excluding hydrogens is 397 g/mol. The minimum Gasteiger partial charge on any atom is -0.484 e. The Morgan fingerprint density at radius 1 is 0.933 bits per heavy atom. The van der Waals surface area contributed by atoms with Gasteiger partial charge < -0.3 is 9.84 Å². The second kappa shape index (κ2) is 8.28. The number of benzene rings is 2. The second-order valence-corrected chi connectivity index (χ2v) is 7.95. The summed E-state index contributed by atoms with van der Waals surface area (Å²) in [7, 11) is 0. The van der Waals surface area contributed by atoms with E-state index in [4.69, 9.17) is 9.84 Å². The Labute approximate surface area is 172 Å². The van der Waals surface area contributed by atoms with Crippen LogP contribution in [0.1, 0.15) is 27.9 Å². The van der Waals surface area contributed by atoms with E-state index in [9.17, 15) is 18.0 Å². The Balaban J connectivity index is 1.28. The van der Waals surface area contributed by atoms with Crippen molar-refractivity contribution in [2.75, 3.05) is 19.7 Å². The number of fused-ring (bicyclic) bond motifs is 2. The highest BCUT2D eigenvalue weighted by Gasteiger charge is 2.42. The first kappa shape index (κ1) is 20.7. The number of alkyl halides is 3. The van der Waals surface area contributed by atoms with Gasteiger partial charge in [0.25, 0.3) is 0 Å². The Morgan fingerprint density at radius 3 is 1.87 bits per heavy atom. The van der Waals surface area contributed by atoms with Gasteiger partial charge in [0.2, 0.25) is 0 Å². The van der Waals surface area contributed by atoms with E-state index in [1.165, 1.54) is 0 Å². The van der Waals surface area contributed by atoms with E-state index in [0.29, 0.717) is 17.6 Å². The highest BCUT2D eigenvalue weighted by atomic mass is 19.4. The summed E-state index contributed by atoms with van der Waals surface area (Å²) in [6.45, 7) is 2.20. The molecule has 2 aliphatic heterocycles. The summed E-state index contributed by atoms with van der Waals surface area (Å²) in [4.78, 5) is 15.8. The van der Waals surface area contributed by atoms with E-state index in [1.54, 1.807) is 24.3 Å². The monoisotopic (exact) mass is 420 g/mol. The van der Waals surface area contributed by atoms with Crippen molar-refractivity contribution in [2.45, 2.75) is 37.8 Å². The van der Waals surface area contributed by atoms with E-state index >= 15 is 0 Å². The van der Waals surface area contributed by atoms with E-state index in [-0.39, 0.29) is 5.75 Å². The van der Waals surface area contributed by atoms with Crippen LogP contribution >= 0.6 is 0 Å². The van der Waals surface area contributed by atoms with Gasteiger partial charge in [-0.1, -0.05) is 24.3 Å². The summed E-state index contributed by atoms with van der Waals surface area (Å²) >= 11 is 0. The second-order valence-electron chi connectivity index (χ2n) is 7.95. The first-order chi connectivity index (χ1) is 14.3. The van der Waals surface area contributed by atoms with Crippen molar-refractivity contribution in [2.24, 2.45) is 0 Å². The van der Waals surface area contributed by atoms with Crippen LogP contribution in [0.2, 0.25) is 0 Å². The van der Waals surface area contributed by atoms with Gasteiger partial charge in [-0.25, -0.2) is 4.79 Å². The molecule has 0 spiro atoms. The lowest BCUT2D eigenvalue weighted by atomic mass is 10.1. The van der Waals surface area contributed by atoms with Gasteiger partial charge in [-0.3, -0.25) is 9.80 Å². The van der Waals surface area contributed by atoms with Gasteiger partial charge in [-0.05, 0) is 41.8 Å². The molecule has 2 atom stereocenters. The molecule has 0 radical (unpaired) electrons. The fraction of sp³-hybridized carbons (Fsp3) is 0.409. The lowest BCUT2D eigenvalue weighted by molar-refractivity contribution is -0.153. The van der Waals surface area contributed by atoms with E-state index < -0.39 is 18.8 Å². The van der Waals surface area contributed by atoms with Crippen molar-refractivity contribution in [1.29, 1.82) is 0 Å². The lowest BCUT2D eigenvalue weighted by Gasteiger charge is -2.34. The van der Waals surface area contributed by atoms with Gasteiger partial charge in [0, 0.05) is 38.3 Å². The topological polar surface area (TPSA) is 53.0 Å². The van der Waals surface area contributed by atoms with Gasteiger partial charge in [0.15, 0.2) is 6.61 Å². The number of carboxylic acids is 1. The fourth-order valence-electron chi connectivity index (χ4n) is 4.30. The van der Waals surface area contributed by atoms with Crippen LogP contribution in [-0.4, -0.2) is 58.8 Å². The number of hydrogen-bond donors (Lipinski definition) is 1. The van der Waals surface area contributed by atoms with Crippen molar-refractivity contribution < 1.29 is 27.8 Å². The van der Waals surface area contributed by atoms with E-state index in [0.717, 1.165) is 43.7 Å². The molecule has 2 fully saturated rings. The number of hydrogen-bond acceptors (Lipinski definition) is 4. The van der Waals surface area contributed by atoms with Crippen molar-refractivity contribution in [3.63, 3.8) is 0 Å². The molecule has 2 aliphatic rings. The van der Waals surface area contributed by atoms with Crippen LogP contribution in [0.5, 0.6) is 5.75 Å². The third-order valence-electron chi connectivity index (χ3n) is 5.77. The highest BCUT2D eigenvalue weighted by Crippen LogP contribution is 2.33. The number of carboxylic acid groups (broad SMARTS) is 1. The molecule has 2 unspecified atom stereocenters. The number of aromatic carboxylic acids is 1. The third kappa shape index (κ3) is 4.94. The molecule has 0 aliphatic carbocycles. The average Bonchev–Trinajstić information content (AvgIpc) is 3.27. The van der Waals surface area contributed by atoms with Crippen LogP contribution in [0.15, 0.2) is 48.5 Å². The smallest absolute Gasteiger partial charge is 0.422 e. The zero-order chi connectivity index (χ0) is 21.3. The summed E-state index contributed by atoms with van der Waals surface area (Å²) in [5, 5.41) is 9.00. The van der Waals surface area contributed by atoms with Gasteiger partial charge in [-0.15, -0.1) is 0 Å². The molecule has 0 saturated carbocycles. The summed E-state index contributed by atoms with van der Waals surface area (Å²) in [6.07, 6.45) is -3.24. The van der Waals surface area contributed by atoms with E-state index in [2.05, 4.69) is 9.80 Å². The largest absolute Gasteiger partial charge is 0.484 e. The molecule has 8 heteroatoms. The molecule has 2 heterocycles. The fourth-order valence-corrected chi connectivity index (χ4v) is 4.30. The molecule has 4 rings (SSSR count). The number of ether oxygens (including phenoxy) is 1. The zero-order valence-corrected chi connectivity index (χ0v) is 16.3. The van der Waals surface area contributed by atoms with Crippen molar-refractivity contribution in [3.8, 4) is 5.75 Å². The van der Waals surface area contributed by atoms with Crippen molar-refractivity contribution >= 4 is 5.97 Å². The highest BCUT2D eigenvalue weighted by molar-refractivity contribution is 5.87. The number of nitrogens with zero attached hydrogens (tertiary/aromatic N) is 2. The SMILES string of the molecule is O=C(O)c1ccc(CN2CC3CC2CN3Cc2ccc(OCC(F)(F)F)cc2)cc1. The molecule has 160 valence electrons. The number of halogens is 3. The van der Waals surface area contributed by atoms with Gasteiger partial charge >= 0.3 is 12.1 Å². The number of likely N-dealkylation sites (tertiary alicyclic amines) is 2. The van der Waals surface area contributed by atoms with Crippen molar-refractivity contribution in [1.82, 2.24) is 9.80 Å². The van der Waals surface area contributed by atoms with Gasteiger partial charge in [0.1, 0.15) is 5.75 Å². The molecule has 2 bridgehead atoms. The minimum absolute atomic E-state index is 0.221. The quantitative estimate of drug-likeness (QED) is 0.739. The van der Waals surface area contributed by atoms with Crippen LogP contribution in [0.25, 0.3) is 0 Å². The predicted molar refractivity (Wildman–Crippen MR) is 104 cm³/mol. The summed E-state index contributed by atoms with van der Waals surface area (Å²) in [5.74, 6) is -0.698. The summed E-state index contributed by atoms with van der Waals surface area (Å²) < 4.78 is 41.5. The molecule has 0 amide bonds. The molecule has 30 heavy (non-hydrogen) atoms. The molecule has 5 nitrogen and oxygen atoms in total. The zero-order valence-electron chi connectivity index (χ0n) is 16.3. The first-order valence-electron chi connectivity index (χ1n) is 9.86. The number of rotatable bonds is 7. The van der Waals surface area contributed by atoms with Crippen LogP contribution < -0.4 is 4.74 Å². The van der Waals surface area contributed by atoms with Crippen LogP contribution in [0.4, 0.5) is 13.2 Å². The maximum absolute atomic E-state index is 12.2. The van der Waals surface area contributed by atoms with Crippen LogP contribution in [0, 0.1) is 0 Å². The summed E-state index contributed by atoms with van der Waals surface area (Å²) in [6, 6.07) is 14.7. The Hall–Kier alpha value is -2.58. The predicted octanol–water partition coefficient (Wildman–Crippen LogP) is 3.78. The van der Waals surface area contributed by atoms with Gasteiger partial charge in [0.05, 0.1) is 5.56 Å². The maximum atomic E-state index is 12.2. The first-order valence-corrected chi connectivity index (χ1v) is 9.86. The number of carbonyl (C=O) groups is 1. The maximum Gasteiger partial charge on any atom is 0.422 e. The standard InChI is InChI=1S/C22H23F3N2O3/c23-22(24,25)14-30-20-7-3-16(4-8-20)11-27-13-18-9-19(27)12-26(18)10-15-1-5-17(6-2-15)21(28)29/h1-8,18-19H,9-14H2,(H,28,29). The average molecular weight is 420 g/mol. The minimum atomic E-state index is -4.34. The van der Waals surface area contributed by atoms with Crippen molar-refractivity contribution in [3.05, 3.63) is 65.2 Å². The Kier molecular flexibility index (Phi) is 5.71.